The molecule has 0 saturated carbocycles. The van der Waals surface area contributed by atoms with E-state index in [0.717, 1.165) is 11.4 Å². The lowest BCUT2D eigenvalue weighted by Gasteiger charge is -2.39. The van der Waals surface area contributed by atoms with Crippen LogP contribution in [0.4, 0.5) is 10.1 Å². The summed E-state index contributed by atoms with van der Waals surface area (Å²) in [5, 5.41) is 0. The number of anilines is 1. The van der Waals surface area contributed by atoms with Crippen molar-refractivity contribution in [1.82, 2.24) is 4.90 Å². The van der Waals surface area contributed by atoms with Crippen LogP contribution in [0.1, 0.15) is 24.2 Å². The number of nitrogens with zero attached hydrogens (tertiary/aromatic N) is 2. The summed E-state index contributed by atoms with van der Waals surface area (Å²) < 4.78 is 18.5. The monoisotopic (exact) mass is 356 g/mol. The van der Waals surface area contributed by atoms with Gasteiger partial charge >= 0.3 is 0 Å². The van der Waals surface area contributed by atoms with Crippen LogP contribution >= 0.6 is 0 Å². The molecular weight excluding hydrogens is 335 g/mol. The molecule has 1 atom stereocenters. The third-order valence-corrected chi connectivity index (χ3v) is 4.47. The molecule has 0 unspecified atom stereocenters. The van der Waals surface area contributed by atoms with Crippen LogP contribution in [0.3, 0.4) is 0 Å². The number of hydrogen-bond acceptors (Lipinski definition) is 3. The molecule has 0 radical (unpaired) electrons. The van der Waals surface area contributed by atoms with Crippen molar-refractivity contribution in [3.63, 3.8) is 0 Å². The fourth-order valence-electron chi connectivity index (χ4n) is 3.05. The van der Waals surface area contributed by atoms with Crippen LogP contribution in [0.15, 0.2) is 48.5 Å². The first-order valence-corrected chi connectivity index (χ1v) is 8.62. The van der Waals surface area contributed by atoms with Gasteiger partial charge in [0.05, 0.1) is 6.61 Å². The third-order valence-electron chi connectivity index (χ3n) is 4.47. The molecule has 1 heterocycles. The Morgan fingerprint density at radius 2 is 1.77 bits per heavy atom. The van der Waals surface area contributed by atoms with E-state index in [4.69, 9.17) is 4.74 Å². The molecule has 3 rings (SSSR count). The summed E-state index contributed by atoms with van der Waals surface area (Å²) in [5.74, 6) is -0.0547. The lowest BCUT2D eigenvalue weighted by Crippen LogP contribution is -2.57. The van der Waals surface area contributed by atoms with E-state index in [2.05, 4.69) is 0 Å². The van der Waals surface area contributed by atoms with E-state index in [1.54, 1.807) is 11.8 Å². The molecule has 0 aliphatic carbocycles. The van der Waals surface area contributed by atoms with Crippen molar-refractivity contribution in [3.05, 3.63) is 59.9 Å². The van der Waals surface area contributed by atoms with Crippen molar-refractivity contribution in [3.8, 4) is 5.75 Å². The van der Waals surface area contributed by atoms with Gasteiger partial charge in [0, 0.05) is 24.3 Å². The number of carbonyl (C=O) groups is 2. The van der Waals surface area contributed by atoms with E-state index in [1.165, 1.54) is 29.2 Å². The number of amides is 2. The van der Waals surface area contributed by atoms with Gasteiger partial charge in [0.25, 0.3) is 5.91 Å². The maximum atomic E-state index is 13.1. The van der Waals surface area contributed by atoms with Crippen LogP contribution in [0, 0.1) is 5.82 Å². The second kappa shape index (κ2) is 7.56. The Morgan fingerprint density at radius 3 is 2.38 bits per heavy atom. The topological polar surface area (TPSA) is 49.9 Å². The molecule has 136 valence electrons. The quantitative estimate of drug-likeness (QED) is 0.846. The van der Waals surface area contributed by atoms with Crippen LogP contribution in [0.25, 0.3) is 0 Å². The van der Waals surface area contributed by atoms with Gasteiger partial charge in [0.15, 0.2) is 0 Å². The number of piperazine rings is 1. The molecule has 5 nitrogen and oxygen atoms in total. The van der Waals surface area contributed by atoms with Crippen LogP contribution in [0.5, 0.6) is 5.75 Å². The summed E-state index contributed by atoms with van der Waals surface area (Å²) >= 11 is 0. The van der Waals surface area contributed by atoms with Crippen LogP contribution < -0.4 is 9.64 Å². The molecule has 1 aliphatic rings. The van der Waals surface area contributed by atoms with Crippen molar-refractivity contribution in [2.24, 2.45) is 0 Å². The summed E-state index contributed by atoms with van der Waals surface area (Å²) in [4.78, 5) is 28.6. The summed E-state index contributed by atoms with van der Waals surface area (Å²) in [6.45, 7) is 5.03. The fraction of sp³-hybridized carbons (Fsp3) is 0.300. The highest BCUT2D eigenvalue weighted by Crippen LogP contribution is 2.24. The first-order chi connectivity index (χ1) is 12.5. The molecule has 2 aromatic carbocycles. The Labute approximate surface area is 152 Å². The summed E-state index contributed by atoms with van der Waals surface area (Å²) in [5.41, 5.74) is 1.15. The van der Waals surface area contributed by atoms with Crippen LogP contribution in [0.2, 0.25) is 0 Å². The van der Waals surface area contributed by atoms with Crippen LogP contribution in [-0.4, -0.2) is 42.5 Å². The number of halogens is 1. The van der Waals surface area contributed by atoms with Gasteiger partial charge < -0.3 is 14.5 Å². The van der Waals surface area contributed by atoms with Gasteiger partial charge in [-0.15, -0.1) is 0 Å². The predicted molar refractivity (Wildman–Crippen MR) is 96.9 cm³/mol. The van der Waals surface area contributed by atoms with Gasteiger partial charge in [-0.25, -0.2) is 4.39 Å². The van der Waals surface area contributed by atoms with Gasteiger partial charge in [-0.3, -0.25) is 9.59 Å². The average Bonchev–Trinajstić information content (AvgIpc) is 2.65. The van der Waals surface area contributed by atoms with Gasteiger partial charge in [-0.05, 0) is 62.4 Å². The van der Waals surface area contributed by atoms with Crippen molar-refractivity contribution >= 4 is 17.5 Å². The summed E-state index contributed by atoms with van der Waals surface area (Å²) in [6.07, 6.45) is 0. The predicted octanol–water partition coefficient (Wildman–Crippen LogP) is 3.10. The minimum atomic E-state index is -0.590. The second-order valence-corrected chi connectivity index (χ2v) is 6.10. The number of benzene rings is 2. The number of ether oxygens (including phenoxy) is 1. The Hall–Kier alpha value is -2.89. The highest BCUT2D eigenvalue weighted by atomic mass is 19.1. The van der Waals surface area contributed by atoms with Crippen molar-refractivity contribution in [2.45, 2.75) is 19.9 Å². The SMILES string of the molecule is CCOc1ccc(N2CCN(C(=O)c3ccc(F)cc3)[C@@H](C)C2=O)cc1. The second-order valence-electron chi connectivity index (χ2n) is 6.10. The number of rotatable bonds is 4. The number of hydrogen-bond donors (Lipinski definition) is 0. The molecule has 0 bridgehead atoms. The minimum absolute atomic E-state index is 0.143. The molecule has 1 aliphatic heterocycles. The Morgan fingerprint density at radius 1 is 1.12 bits per heavy atom. The standard InChI is InChI=1S/C20H21FN2O3/c1-3-26-18-10-8-17(9-11-18)23-13-12-22(14(2)19(23)24)20(25)15-4-6-16(21)7-5-15/h4-11,14H,3,12-13H2,1-2H3/t14-/m0/s1. The maximum absolute atomic E-state index is 13.1. The first kappa shape index (κ1) is 17.9. The van der Waals surface area contributed by atoms with E-state index < -0.39 is 11.9 Å². The lowest BCUT2D eigenvalue weighted by atomic mass is 10.1. The molecule has 1 saturated heterocycles. The third kappa shape index (κ3) is 3.54. The molecule has 0 aromatic heterocycles. The van der Waals surface area contributed by atoms with Crippen molar-refractivity contribution in [2.75, 3.05) is 24.6 Å². The fourth-order valence-corrected chi connectivity index (χ4v) is 3.05. The lowest BCUT2D eigenvalue weighted by molar-refractivity contribution is -0.124. The van der Waals surface area contributed by atoms with Gasteiger partial charge in [0.2, 0.25) is 5.91 Å². The van der Waals surface area contributed by atoms with E-state index >= 15 is 0 Å². The summed E-state index contributed by atoms with van der Waals surface area (Å²) in [6, 6.07) is 12.1. The van der Waals surface area contributed by atoms with Crippen molar-refractivity contribution in [1.29, 1.82) is 0 Å². The Balaban J connectivity index is 1.73. The van der Waals surface area contributed by atoms with E-state index in [-0.39, 0.29) is 11.8 Å². The minimum Gasteiger partial charge on any atom is -0.494 e. The average molecular weight is 356 g/mol. The van der Waals surface area contributed by atoms with E-state index in [9.17, 15) is 14.0 Å². The molecule has 6 heteroatoms. The smallest absolute Gasteiger partial charge is 0.254 e. The normalized spacial score (nSPS) is 17.3. The van der Waals surface area contributed by atoms with E-state index in [1.807, 2.05) is 31.2 Å². The van der Waals surface area contributed by atoms with Gasteiger partial charge in [-0.2, -0.15) is 0 Å². The van der Waals surface area contributed by atoms with Gasteiger partial charge in [-0.1, -0.05) is 0 Å². The highest BCUT2D eigenvalue weighted by molar-refractivity contribution is 6.03. The molecule has 0 N–H and O–H groups in total. The molecule has 0 spiro atoms. The number of carbonyl (C=O) groups excluding carboxylic acids is 2. The van der Waals surface area contributed by atoms with Crippen LogP contribution in [-0.2, 0) is 4.79 Å². The molecule has 2 amide bonds. The highest BCUT2D eigenvalue weighted by Gasteiger charge is 2.35. The van der Waals surface area contributed by atoms with Crippen molar-refractivity contribution < 1.29 is 18.7 Å². The summed E-state index contributed by atoms with van der Waals surface area (Å²) in [7, 11) is 0. The zero-order chi connectivity index (χ0) is 18.7. The largest absolute Gasteiger partial charge is 0.494 e. The molecule has 2 aromatic rings. The zero-order valence-electron chi connectivity index (χ0n) is 14.8. The Bertz CT molecular complexity index is 790. The van der Waals surface area contributed by atoms with E-state index in [0.29, 0.717) is 25.3 Å². The first-order valence-electron chi connectivity index (χ1n) is 8.62. The Kier molecular flexibility index (Phi) is 5.21. The maximum Gasteiger partial charge on any atom is 0.254 e. The zero-order valence-corrected chi connectivity index (χ0v) is 14.8. The van der Waals surface area contributed by atoms with Gasteiger partial charge in [0.1, 0.15) is 17.6 Å². The molecule has 26 heavy (non-hydrogen) atoms. The molecular formula is C20H21FN2O3. The molecule has 1 fully saturated rings.